The molecule has 0 saturated heterocycles. The summed E-state index contributed by atoms with van der Waals surface area (Å²) in [5.41, 5.74) is 2.20. The summed E-state index contributed by atoms with van der Waals surface area (Å²) < 4.78 is 0. The second kappa shape index (κ2) is 5.80. The molecule has 1 amide bonds. The average Bonchev–Trinajstić information content (AvgIpc) is 3.19. The Morgan fingerprint density at radius 1 is 1.29 bits per heavy atom. The van der Waals surface area contributed by atoms with Crippen LogP contribution in [0.25, 0.3) is 0 Å². The van der Waals surface area contributed by atoms with Gasteiger partial charge in [0.2, 0.25) is 5.91 Å². The first-order valence-corrected chi connectivity index (χ1v) is 7.82. The normalized spacial score (nSPS) is 18.1. The van der Waals surface area contributed by atoms with Gasteiger partial charge >= 0.3 is 0 Å². The highest BCUT2D eigenvalue weighted by atomic mass is 16.3. The second-order valence-corrected chi connectivity index (χ2v) is 7.30. The predicted molar refractivity (Wildman–Crippen MR) is 85.4 cm³/mol. The van der Waals surface area contributed by atoms with Gasteiger partial charge in [0, 0.05) is 12.6 Å². The van der Waals surface area contributed by atoms with Crippen molar-refractivity contribution in [1.82, 2.24) is 5.32 Å². The SMILES string of the molecule is C[C@H](CCO)NC(=O)C1(c2ccc(C(C)(C)C)cc2)CC1. The summed E-state index contributed by atoms with van der Waals surface area (Å²) in [6.45, 7) is 8.62. The molecule has 0 heterocycles. The van der Waals surface area contributed by atoms with Gasteiger partial charge in [-0.25, -0.2) is 0 Å². The Bertz CT molecular complexity index is 495. The number of hydrogen-bond donors (Lipinski definition) is 2. The minimum absolute atomic E-state index is 0.0221. The lowest BCUT2D eigenvalue weighted by molar-refractivity contribution is -0.124. The molecule has 116 valence electrons. The van der Waals surface area contributed by atoms with E-state index in [-0.39, 0.29) is 29.4 Å². The number of rotatable bonds is 5. The number of hydrogen-bond acceptors (Lipinski definition) is 2. The lowest BCUT2D eigenvalue weighted by Gasteiger charge is -2.22. The molecule has 3 heteroatoms. The number of carbonyl (C=O) groups excluding carboxylic acids is 1. The third kappa shape index (κ3) is 3.46. The van der Waals surface area contributed by atoms with Crippen LogP contribution in [-0.4, -0.2) is 23.7 Å². The quantitative estimate of drug-likeness (QED) is 0.875. The van der Waals surface area contributed by atoms with E-state index >= 15 is 0 Å². The second-order valence-electron chi connectivity index (χ2n) is 7.30. The fourth-order valence-corrected chi connectivity index (χ4v) is 2.69. The minimum atomic E-state index is -0.333. The number of benzene rings is 1. The lowest BCUT2D eigenvalue weighted by atomic mass is 9.85. The maximum atomic E-state index is 12.5. The molecule has 1 fully saturated rings. The minimum Gasteiger partial charge on any atom is -0.396 e. The Balaban J connectivity index is 2.11. The molecule has 1 saturated carbocycles. The van der Waals surface area contributed by atoms with E-state index in [2.05, 4.69) is 50.4 Å². The number of amides is 1. The Labute approximate surface area is 127 Å². The van der Waals surface area contributed by atoms with Crippen LogP contribution in [0.15, 0.2) is 24.3 Å². The lowest BCUT2D eigenvalue weighted by Crippen LogP contribution is -2.40. The Hall–Kier alpha value is -1.35. The fourth-order valence-electron chi connectivity index (χ4n) is 2.69. The summed E-state index contributed by atoms with van der Waals surface area (Å²) in [6.07, 6.45) is 2.43. The van der Waals surface area contributed by atoms with Gasteiger partial charge in [-0.2, -0.15) is 0 Å². The van der Waals surface area contributed by atoms with Gasteiger partial charge in [-0.1, -0.05) is 45.0 Å². The van der Waals surface area contributed by atoms with E-state index in [0.717, 1.165) is 18.4 Å². The maximum absolute atomic E-state index is 12.5. The first kappa shape index (κ1) is 16.0. The summed E-state index contributed by atoms with van der Waals surface area (Å²) in [5.74, 6) is 0.104. The highest BCUT2D eigenvalue weighted by Gasteiger charge is 2.51. The van der Waals surface area contributed by atoms with Gasteiger partial charge in [-0.3, -0.25) is 4.79 Å². The van der Waals surface area contributed by atoms with Gasteiger partial charge in [-0.15, -0.1) is 0 Å². The molecule has 1 atom stereocenters. The molecule has 1 aromatic rings. The van der Waals surface area contributed by atoms with Crippen molar-refractivity contribution in [2.45, 2.75) is 63.8 Å². The summed E-state index contributed by atoms with van der Waals surface area (Å²) >= 11 is 0. The van der Waals surface area contributed by atoms with Gasteiger partial charge in [0.05, 0.1) is 5.41 Å². The summed E-state index contributed by atoms with van der Waals surface area (Å²) in [7, 11) is 0. The first-order valence-electron chi connectivity index (χ1n) is 7.82. The van der Waals surface area contributed by atoms with E-state index in [0.29, 0.717) is 6.42 Å². The molecule has 0 unspecified atom stereocenters. The smallest absolute Gasteiger partial charge is 0.230 e. The molecule has 1 aliphatic carbocycles. The molecule has 1 aliphatic rings. The standard InChI is InChI=1S/C18H27NO2/c1-13(9-12-20)19-16(21)18(10-11-18)15-7-5-14(6-8-15)17(2,3)4/h5-8,13,20H,9-12H2,1-4H3,(H,19,21)/t13-/m1/s1. The highest BCUT2D eigenvalue weighted by molar-refractivity contribution is 5.91. The molecule has 1 aromatic carbocycles. The molecular weight excluding hydrogens is 262 g/mol. The van der Waals surface area contributed by atoms with Crippen LogP contribution in [0, 0.1) is 0 Å². The van der Waals surface area contributed by atoms with Crippen molar-refractivity contribution in [1.29, 1.82) is 0 Å². The van der Waals surface area contributed by atoms with Gasteiger partial charge in [0.15, 0.2) is 0 Å². The average molecular weight is 289 g/mol. The van der Waals surface area contributed by atoms with E-state index in [1.54, 1.807) is 0 Å². The number of aliphatic hydroxyl groups excluding tert-OH is 1. The van der Waals surface area contributed by atoms with Crippen molar-refractivity contribution in [2.24, 2.45) is 0 Å². The predicted octanol–water partition coefficient (Wildman–Crippen LogP) is 2.90. The topological polar surface area (TPSA) is 49.3 Å². The molecule has 21 heavy (non-hydrogen) atoms. The van der Waals surface area contributed by atoms with Crippen LogP contribution in [0.3, 0.4) is 0 Å². The molecule has 2 N–H and O–H groups in total. The van der Waals surface area contributed by atoms with Crippen molar-refractivity contribution in [2.75, 3.05) is 6.61 Å². The third-order valence-electron chi connectivity index (χ3n) is 4.43. The largest absolute Gasteiger partial charge is 0.396 e. The zero-order chi connectivity index (χ0) is 15.7. The Morgan fingerprint density at radius 2 is 1.86 bits per heavy atom. The summed E-state index contributed by atoms with van der Waals surface area (Å²) in [6, 6.07) is 8.50. The summed E-state index contributed by atoms with van der Waals surface area (Å²) in [5, 5.41) is 12.0. The van der Waals surface area contributed by atoms with Crippen LogP contribution >= 0.6 is 0 Å². The monoisotopic (exact) mass is 289 g/mol. The van der Waals surface area contributed by atoms with Crippen LogP contribution in [0.1, 0.15) is 58.1 Å². The van der Waals surface area contributed by atoms with Crippen LogP contribution < -0.4 is 5.32 Å². The molecule has 3 nitrogen and oxygen atoms in total. The van der Waals surface area contributed by atoms with E-state index < -0.39 is 0 Å². The third-order valence-corrected chi connectivity index (χ3v) is 4.43. The van der Waals surface area contributed by atoms with Crippen LogP contribution in [0.4, 0.5) is 0 Å². The number of carbonyl (C=O) groups is 1. The molecule has 0 aromatic heterocycles. The van der Waals surface area contributed by atoms with E-state index in [1.165, 1.54) is 5.56 Å². The molecule has 2 rings (SSSR count). The van der Waals surface area contributed by atoms with Crippen molar-refractivity contribution in [3.05, 3.63) is 35.4 Å². The maximum Gasteiger partial charge on any atom is 0.230 e. The van der Waals surface area contributed by atoms with Gasteiger partial charge in [-0.05, 0) is 42.7 Å². The van der Waals surface area contributed by atoms with Crippen molar-refractivity contribution in [3.63, 3.8) is 0 Å². The molecule has 0 aliphatic heterocycles. The van der Waals surface area contributed by atoms with Crippen molar-refractivity contribution < 1.29 is 9.90 Å². The van der Waals surface area contributed by atoms with Crippen LogP contribution in [0.5, 0.6) is 0 Å². The zero-order valence-electron chi connectivity index (χ0n) is 13.6. The van der Waals surface area contributed by atoms with Crippen molar-refractivity contribution in [3.8, 4) is 0 Å². The zero-order valence-corrected chi connectivity index (χ0v) is 13.6. The fraction of sp³-hybridized carbons (Fsp3) is 0.611. The molecule has 0 radical (unpaired) electrons. The van der Waals surface area contributed by atoms with Crippen LogP contribution in [0.2, 0.25) is 0 Å². The molecule has 0 spiro atoms. The summed E-state index contributed by atoms with van der Waals surface area (Å²) in [4.78, 5) is 12.5. The van der Waals surface area contributed by atoms with E-state index in [4.69, 9.17) is 5.11 Å². The Kier molecular flexibility index (Phi) is 4.43. The number of aliphatic hydroxyl groups is 1. The molecular formula is C18H27NO2. The van der Waals surface area contributed by atoms with Gasteiger partial charge in [0.1, 0.15) is 0 Å². The number of nitrogens with one attached hydrogen (secondary N) is 1. The highest BCUT2D eigenvalue weighted by Crippen LogP contribution is 2.48. The molecule has 0 bridgehead atoms. The van der Waals surface area contributed by atoms with E-state index in [1.807, 2.05) is 6.92 Å². The Morgan fingerprint density at radius 3 is 2.29 bits per heavy atom. The van der Waals surface area contributed by atoms with E-state index in [9.17, 15) is 4.79 Å². The van der Waals surface area contributed by atoms with Crippen LogP contribution in [-0.2, 0) is 15.6 Å². The van der Waals surface area contributed by atoms with Crippen molar-refractivity contribution >= 4 is 5.91 Å². The van der Waals surface area contributed by atoms with Gasteiger partial charge < -0.3 is 10.4 Å². The van der Waals surface area contributed by atoms with Gasteiger partial charge in [0.25, 0.3) is 0 Å². The first-order chi connectivity index (χ1) is 9.79.